The second-order valence-corrected chi connectivity index (χ2v) is 25.7. The Morgan fingerprint density at radius 3 is 1.48 bits per heavy atom. The van der Waals surface area contributed by atoms with Crippen molar-refractivity contribution in [2.75, 3.05) is 0 Å². The number of aryl methyl sites for hydroxylation is 1. The number of benzene rings is 2. The van der Waals surface area contributed by atoms with E-state index in [-0.39, 0.29) is 28.4 Å². The van der Waals surface area contributed by atoms with Gasteiger partial charge in [0.1, 0.15) is 12.4 Å². The van der Waals surface area contributed by atoms with Crippen LogP contribution in [0.5, 0.6) is 5.75 Å². The predicted molar refractivity (Wildman–Crippen MR) is 182 cm³/mol. The molecule has 0 atom stereocenters. The first kappa shape index (κ1) is 35.1. The smallest absolute Gasteiger partial charge is 0.488 e. The molecule has 8 heteroatoms. The topological polar surface area (TPSA) is 46.2 Å². The monoisotopic (exact) mass is 612 g/mol. The fraction of sp³-hybridized carbons (Fsp3) is 0.647. The number of hydrogen-bond donors (Lipinski definition) is 0. The van der Waals surface area contributed by atoms with Gasteiger partial charge >= 0.3 is 7.12 Å². The molecule has 0 N–H and O–H groups in total. The van der Waals surface area contributed by atoms with E-state index in [1.807, 2.05) is 0 Å². The molecule has 2 aromatic carbocycles. The molecule has 234 valence electrons. The fourth-order valence-corrected chi connectivity index (χ4v) is 6.08. The van der Waals surface area contributed by atoms with Gasteiger partial charge in [0.25, 0.3) is 0 Å². The molecular weight excluding hydrogens is 555 g/mol. The zero-order chi connectivity index (χ0) is 31.9. The summed E-state index contributed by atoms with van der Waals surface area (Å²) in [5, 5.41) is 0.260. The lowest BCUT2D eigenvalue weighted by molar-refractivity contribution is 0.00578. The average molecular weight is 613 g/mol. The molecular formula is C34H57BO5Si2. The molecule has 0 radical (unpaired) electrons. The van der Waals surface area contributed by atoms with Crippen molar-refractivity contribution in [2.45, 2.75) is 143 Å². The van der Waals surface area contributed by atoms with Gasteiger partial charge in [-0.3, -0.25) is 0 Å². The molecule has 1 fully saturated rings. The summed E-state index contributed by atoms with van der Waals surface area (Å²) in [5.74, 6) is 0.882. The molecule has 0 aromatic heterocycles. The molecule has 1 heterocycles. The van der Waals surface area contributed by atoms with Crippen LogP contribution >= 0.6 is 0 Å². The van der Waals surface area contributed by atoms with E-state index in [0.29, 0.717) is 19.8 Å². The predicted octanol–water partition coefficient (Wildman–Crippen LogP) is 8.92. The summed E-state index contributed by atoms with van der Waals surface area (Å²) in [6.45, 7) is 34.8. The molecule has 1 aliphatic heterocycles. The quantitative estimate of drug-likeness (QED) is 0.251. The Labute approximate surface area is 259 Å². The van der Waals surface area contributed by atoms with Gasteiger partial charge in [-0.25, -0.2) is 0 Å². The van der Waals surface area contributed by atoms with E-state index in [1.165, 1.54) is 5.56 Å². The number of ether oxygens (including phenoxy) is 1. The first-order valence-corrected chi connectivity index (χ1v) is 21.2. The van der Waals surface area contributed by atoms with E-state index in [1.54, 1.807) is 0 Å². The van der Waals surface area contributed by atoms with Gasteiger partial charge in [-0.2, -0.15) is 0 Å². The molecule has 0 spiro atoms. The van der Waals surface area contributed by atoms with Gasteiger partial charge in [0.05, 0.1) is 24.4 Å². The van der Waals surface area contributed by atoms with E-state index in [4.69, 9.17) is 22.9 Å². The van der Waals surface area contributed by atoms with Crippen molar-refractivity contribution in [3.05, 3.63) is 58.7 Å². The highest BCUT2D eigenvalue weighted by Gasteiger charge is 2.51. The van der Waals surface area contributed by atoms with Crippen molar-refractivity contribution in [1.29, 1.82) is 0 Å². The summed E-state index contributed by atoms with van der Waals surface area (Å²) in [4.78, 5) is 0. The van der Waals surface area contributed by atoms with Gasteiger partial charge in [0.2, 0.25) is 0 Å². The van der Waals surface area contributed by atoms with Gasteiger partial charge in [-0.1, -0.05) is 83.5 Å². The maximum Gasteiger partial charge on any atom is 0.494 e. The Kier molecular flexibility index (Phi) is 10.2. The Balaban J connectivity index is 1.86. The fourth-order valence-electron chi connectivity index (χ4n) is 4.18. The lowest BCUT2D eigenvalue weighted by atomic mass is 9.79. The van der Waals surface area contributed by atoms with Crippen LogP contribution in [0.2, 0.25) is 36.3 Å². The molecule has 0 unspecified atom stereocenters. The third-order valence-electron chi connectivity index (χ3n) is 10.1. The van der Waals surface area contributed by atoms with Gasteiger partial charge in [-0.05, 0) is 81.9 Å². The third-order valence-corrected chi connectivity index (χ3v) is 19.0. The second-order valence-electron chi connectivity index (χ2n) is 16.1. The van der Waals surface area contributed by atoms with Crippen LogP contribution in [0.3, 0.4) is 0 Å². The zero-order valence-electron chi connectivity index (χ0n) is 29.2. The van der Waals surface area contributed by atoms with E-state index in [2.05, 4.69) is 139 Å². The number of rotatable bonds is 10. The molecule has 1 aliphatic rings. The SMILES string of the molecule is Cc1cc(CO[Si](C)(C)C(C)(C)C)c(OCc2ccc(B3OC(C)(C)C(C)(C)O3)cc2)c(CO[Si](C)(C)C(C)(C)C)c1. The van der Waals surface area contributed by atoms with Gasteiger partial charge in [0, 0.05) is 11.1 Å². The molecule has 0 bridgehead atoms. The van der Waals surface area contributed by atoms with E-state index in [0.717, 1.165) is 27.9 Å². The minimum Gasteiger partial charge on any atom is -0.488 e. The summed E-state index contributed by atoms with van der Waals surface area (Å²) in [6.07, 6.45) is 0. The standard InChI is InChI=1S/C34H57BO5Si2/c1-25-20-27(23-37-41(12,13)31(2,3)4)30(28(21-25)24-38-42(14,15)32(5,6)7)36-22-26-16-18-29(19-17-26)35-39-33(8,9)34(10,11)40-35/h16-21H,22-24H2,1-15H3. The molecule has 3 rings (SSSR count). The molecule has 42 heavy (non-hydrogen) atoms. The Hall–Kier alpha value is -1.42. The summed E-state index contributed by atoms with van der Waals surface area (Å²) in [6, 6.07) is 12.8. The molecule has 0 saturated carbocycles. The van der Waals surface area contributed by atoms with E-state index >= 15 is 0 Å². The first-order chi connectivity index (χ1) is 19.0. The average Bonchev–Trinajstić information content (AvgIpc) is 3.06. The van der Waals surface area contributed by atoms with Gasteiger partial charge in [0.15, 0.2) is 16.6 Å². The van der Waals surface area contributed by atoms with Crippen molar-refractivity contribution in [3.63, 3.8) is 0 Å². The summed E-state index contributed by atoms with van der Waals surface area (Å²) in [5.41, 5.74) is 4.73. The van der Waals surface area contributed by atoms with Crippen molar-refractivity contribution in [1.82, 2.24) is 0 Å². The van der Waals surface area contributed by atoms with Crippen LogP contribution in [-0.4, -0.2) is 35.0 Å². The third kappa shape index (κ3) is 7.99. The molecule has 0 amide bonds. The van der Waals surface area contributed by atoms with E-state index < -0.39 is 16.6 Å². The zero-order valence-corrected chi connectivity index (χ0v) is 31.2. The van der Waals surface area contributed by atoms with Gasteiger partial charge in [-0.15, -0.1) is 0 Å². The lowest BCUT2D eigenvalue weighted by Crippen LogP contribution is -2.41. The summed E-state index contributed by atoms with van der Waals surface area (Å²) in [7, 11) is -4.27. The normalized spacial score (nSPS) is 17.5. The maximum atomic E-state index is 6.69. The van der Waals surface area contributed by atoms with Crippen LogP contribution in [0.25, 0.3) is 0 Å². The largest absolute Gasteiger partial charge is 0.494 e. The minimum atomic E-state index is -1.95. The second kappa shape index (κ2) is 12.2. The summed E-state index contributed by atoms with van der Waals surface area (Å²) < 4.78 is 32.5. The van der Waals surface area contributed by atoms with Crippen LogP contribution in [-0.2, 0) is 38.0 Å². The van der Waals surface area contributed by atoms with Crippen LogP contribution in [0.15, 0.2) is 36.4 Å². The first-order valence-electron chi connectivity index (χ1n) is 15.4. The van der Waals surface area contributed by atoms with Crippen molar-refractivity contribution in [3.8, 4) is 5.75 Å². The summed E-state index contributed by atoms with van der Waals surface area (Å²) >= 11 is 0. The van der Waals surface area contributed by atoms with Crippen LogP contribution in [0.1, 0.15) is 91.5 Å². The van der Waals surface area contributed by atoms with Crippen LogP contribution in [0, 0.1) is 6.92 Å². The Morgan fingerprint density at radius 2 is 1.10 bits per heavy atom. The van der Waals surface area contributed by atoms with Crippen molar-refractivity contribution < 1.29 is 22.9 Å². The molecule has 2 aromatic rings. The van der Waals surface area contributed by atoms with Gasteiger partial charge < -0.3 is 22.9 Å². The maximum absolute atomic E-state index is 6.69. The lowest BCUT2D eigenvalue weighted by Gasteiger charge is -2.37. The Morgan fingerprint density at radius 1 is 0.690 bits per heavy atom. The Bertz CT molecular complexity index is 1160. The highest BCUT2D eigenvalue weighted by molar-refractivity contribution is 6.74. The van der Waals surface area contributed by atoms with Crippen molar-refractivity contribution in [2.24, 2.45) is 0 Å². The molecule has 1 saturated heterocycles. The minimum absolute atomic E-state index is 0.130. The van der Waals surface area contributed by atoms with E-state index in [9.17, 15) is 0 Å². The highest BCUT2D eigenvalue weighted by Crippen LogP contribution is 2.40. The van der Waals surface area contributed by atoms with Crippen molar-refractivity contribution >= 4 is 29.2 Å². The molecule has 5 nitrogen and oxygen atoms in total. The van der Waals surface area contributed by atoms with Crippen LogP contribution in [0.4, 0.5) is 0 Å². The number of hydrogen-bond acceptors (Lipinski definition) is 5. The molecule has 0 aliphatic carbocycles. The van der Waals surface area contributed by atoms with Crippen LogP contribution < -0.4 is 10.2 Å². The highest BCUT2D eigenvalue weighted by atomic mass is 28.4.